The van der Waals surface area contributed by atoms with Crippen LogP contribution in [0.25, 0.3) is 0 Å². The first-order valence-electron chi connectivity index (χ1n) is 18.6. The fraction of sp³-hybridized carbons (Fsp3) is 0.524. The molecule has 0 spiro atoms. The number of fused-ring (bicyclic) bond motifs is 4. The summed E-state index contributed by atoms with van der Waals surface area (Å²) in [6.45, 7) is 1.97. The molecule has 51 heavy (non-hydrogen) atoms. The first kappa shape index (κ1) is 34.9. The highest BCUT2D eigenvalue weighted by Gasteiger charge is 2.48. The van der Waals surface area contributed by atoms with Crippen molar-refractivity contribution in [1.29, 1.82) is 0 Å². The Labute approximate surface area is 301 Å². The molecule has 3 aromatic rings. The normalized spacial score (nSPS) is 35.7. The Kier molecular flexibility index (Phi) is 11.4. The van der Waals surface area contributed by atoms with Crippen molar-refractivity contribution in [2.75, 3.05) is 20.3 Å². The van der Waals surface area contributed by atoms with Gasteiger partial charge >= 0.3 is 0 Å². The van der Waals surface area contributed by atoms with Crippen molar-refractivity contribution in [3.05, 3.63) is 114 Å². The number of rotatable bonds is 9. The minimum Gasteiger partial charge on any atom is -0.497 e. The van der Waals surface area contributed by atoms with E-state index in [0.29, 0.717) is 26.4 Å². The third-order valence-electron chi connectivity index (χ3n) is 10.8. The van der Waals surface area contributed by atoms with Gasteiger partial charge in [-0.1, -0.05) is 84.9 Å². The number of hydrogen-bond donors (Lipinski definition) is 0. The summed E-state index contributed by atoms with van der Waals surface area (Å²) in [6.07, 6.45) is 7.57. The molecule has 9 nitrogen and oxygen atoms in total. The number of benzene rings is 3. The van der Waals surface area contributed by atoms with E-state index in [9.17, 15) is 0 Å². The van der Waals surface area contributed by atoms with Gasteiger partial charge in [-0.15, -0.1) is 0 Å². The zero-order valence-electron chi connectivity index (χ0n) is 29.3. The average molecular weight is 699 g/mol. The zero-order chi connectivity index (χ0) is 34.4. The smallest absolute Gasteiger partial charge is 0.184 e. The third-order valence-corrected chi connectivity index (χ3v) is 10.8. The average Bonchev–Trinajstić information content (AvgIpc) is 3.29. The molecule has 0 N–H and O–H groups in total. The molecule has 9 heteroatoms. The summed E-state index contributed by atoms with van der Waals surface area (Å²) in [5.41, 5.74) is 3.24. The van der Waals surface area contributed by atoms with E-state index >= 15 is 0 Å². The van der Waals surface area contributed by atoms with E-state index < -0.39 is 6.29 Å². The van der Waals surface area contributed by atoms with Gasteiger partial charge in [0.1, 0.15) is 18.0 Å². The summed E-state index contributed by atoms with van der Waals surface area (Å²) >= 11 is 0. The Morgan fingerprint density at radius 3 is 1.92 bits per heavy atom. The van der Waals surface area contributed by atoms with Crippen molar-refractivity contribution >= 4 is 0 Å². The molecule has 3 aromatic carbocycles. The molecular weight excluding hydrogens is 648 g/mol. The van der Waals surface area contributed by atoms with Gasteiger partial charge in [0, 0.05) is 18.4 Å². The Hall–Kier alpha value is -3.12. The molecule has 5 heterocycles. The van der Waals surface area contributed by atoms with Crippen LogP contribution in [0.4, 0.5) is 0 Å². The molecule has 0 amide bonds. The molecule has 5 aliphatic rings. The lowest BCUT2D eigenvalue weighted by Gasteiger charge is -2.45. The van der Waals surface area contributed by atoms with Crippen LogP contribution in [0.15, 0.2) is 97.1 Å². The predicted molar refractivity (Wildman–Crippen MR) is 189 cm³/mol. The Bertz CT molecular complexity index is 1530. The fourth-order valence-corrected chi connectivity index (χ4v) is 8.06. The van der Waals surface area contributed by atoms with Crippen LogP contribution in [0.5, 0.6) is 5.75 Å². The number of ether oxygens (including phenoxy) is 9. The Morgan fingerprint density at radius 1 is 0.588 bits per heavy atom. The lowest BCUT2D eigenvalue weighted by atomic mass is 9.94. The van der Waals surface area contributed by atoms with E-state index in [2.05, 4.69) is 36.4 Å². The van der Waals surface area contributed by atoms with Crippen LogP contribution in [0.3, 0.4) is 0 Å². The summed E-state index contributed by atoms with van der Waals surface area (Å²) in [7, 11) is 1.67. The molecule has 8 rings (SSSR count). The Morgan fingerprint density at radius 2 is 1.20 bits per heavy atom. The largest absolute Gasteiger partial charge is 0.497 e. The zero-order valence-corrected chi connectivity index (χ0v) is 29.3. The van der Waals surface area contributed by atoms with Crippen LogP contribution >= 0.6 is 0 Å². The molecule has 272 valence electrons. The molecule has 4 fully saturated rings. The van der Waals surface area contributed by atoms with Gasteiger partial charge in [0.15, 0.2) is 6.29 Å². The number of methoxy groups -OCH3 is 1. The standard InChI is InChI=1S/C42H50O9/c1-43-31-18-16-30(17-19-31)42-46-27-41-39(51-42)23-38-35(50-41)21-20-34-32(47-38)14-8-9-15-33-37(48-34)22-36(45-25-29-12-6-3-7-13-29)40(49-33)26-44-24-28-10-4-2-5-11-28/h2-13,16-19,32-42H,14-15,20-27H2,1H3/b9-8-/t32-,33+,34+,35-,36+,37-,38+,39-,40-,41+,42+/m0/s1. The van der Waals surface area contributed by atoms with Crippen LogP contribution in [0.1, 0.15) is 61.5 Å². The molecule has 0 aromatic heterocycles. The highest BCUT2D eigenvalue weighted by atomic mass is 16.7. The second kappa shape index (κ2) is 16.7. The molecular formula is C42H50O9. The lowest BCUT2D eigenvalue weighted by molar-refractivity contribution is -0.307. The second-order valence-electron chi connectivity index (χ2n) is 14.3. The van der Waals surface area contributed by atoms with E-state index in [4.69, 9.17) is 42.6 Å². The van der Waals surface area contributed by atoms with E-state index in [-0.39, 0.29) is 61.0 Å². The van der Waals surface area contributed by atoms with Crippen LogP contribution in [-0.2, 0) is 51.1 Å². The minimum absolute atomic E-state index is 0.0366. The summed E-state index contributed by atoms with van der Waals surface area (Å²) in [5.74, 6) is 0.804. The molecule has 0 bridgehead atoms. The molecule has 0 aliphatic carbocycles. The van der Waals surface area contributed by atoms with E-state index in [0.717, 1.165) is 61.0 Å². The van der Waals surface area contributed by atoms with Gasteiger partial charge in [-0.2, -0.15) is 0 Å². The van der Waals surface area contributed by atoms with Gasteiger partial charge in [0.25, 0.3) is 0 Å². The van der Waals surface area contributed by atoms with Gasteiger partial charge in [-0.3, -0.25) is 0 Å². The van der Waals surface area contributed by atoms with E-state index in [1.165, 1.54) is 0 Å². The van der Waals surface area contributed by atoms with Crippen LogP contribution in [-0.4, -0.2) is 81.4 Å². The minimum atomic E-state index is -0.445. The van der Waals surface area contributed by atoms with Crippen molar-refractivity contribution in [3.8, 4) is 5.75 Å². The van der Waals surface area contributed by atoms with Gasteiger partial charge in [0.05, 0.1) is 82.4 Å². The fourth-order valence-electron chi connectivity index (χ4n) is 8.06. The van der Waals surface area contributed by atoms with Gasteiger partial charge in [0.2, 0.25) is 0 Å². The van der Waals surface area contributed by atoms with Crippen LogP contribution in [0, 0.1) is 0 Å². The van der Waals surface area contributed by atoms with Crippen molar-refractivity contribution in [2.24, 2.45) is 0 Å². The second-order valence-corrected chi connectivity index (χ2v) is 14.3. The van der Waals surface area contributed by atoms with Gasteiger partial charge in [-0.05, 0) is 48.9 Å². The molecule has 4 saturated heterocycles. The maximum Gasteiger partial charge on any atom is 0.184 e. The molecule has 11 atom stereocenters. The van der Waals surface area contributed by atoms with E-state index in [1.807, 2.05) is 60.7 Å². The number of hydrogen-bond acceptors (Lipinski definition) is 9. The van der Waals surface area contributed by atoms with Crippen LogP contribution in [0.2, 0.25) is 0 Å². The first-order valence-corrected chi connectivity index (χ1v) is 18.6. The maximum atomic E-state index is 7.05. The Balaban J connectivity index is 0.930. The predicted octanol–water partition coefficient (Wildman–Crippen LogP) is 6.88. The van der Waals surface area contributed by atoms with Crippen LogP contribution < -0.4 is 4.74 Å². The molecule has 5 aliphatic heterocycles. The van der Waals surface area contributed by atoms with Crippen molar-refractivity contribution in [3.63, 3.8) is 0 Å². The van der Waals surface area contributed by atoms with E-state index in [1.54, 1.807) is 7.11 Å². The maximum absolute atomic E-state index is 7.05. The highest BCUT2D eigenvalue weighted by molar-refractivity contribution is 5.28. The third kappa shape index (κ3) is 8.58. The summed E-state index contributed by atoms with van der Waals surface area (Å²) in [6, 6.07) is 28.4. The molecule has 0 unspecified atom stereocenters. The van der Waals surface area contributed by atoms with Crippen molar-refractivity contribution in [2.45, 2.75) is 119 Å². The summed E-state index contributed by atoms with van der Waals surface area (Å²) < 4.78 is 58.2. The summed E-state index contributed by atoms with van der Waals surface area (Å²) in [5, 5.41) is 0. The highest BCUT2D eigenvalue weighted by Crippen LogP contribution is 2.40. The van der Waals surface area contributed by atoms with Gasteiger partial charge < -0.3 is 42.6 Å². The van der Waals surface area contributed by atoms with Crippen molar-refractivity contribution in [1.82, 2.24) is 0 Å². The summed E-state index contributed by atoms with van der Waals surface area (Å²) in [4.78, 5) is 0. The topological polar surface area (TPSA) is 83.1 Å². The monoisotopic (exact) mass is 698 g/mol. The first-order chi connectivity index (χ1) is 25.2. The quantitative estimate of drug-likeness (QED) is 0.222. The lowest BCUT2D eigenvalue weighted by Crippen LogP contribution is -2.54. The van der Waals surface area contributed by atoms with Crippen molar-refractivity contribution < 1.29 is 42.6 Å². The SMILES string of the molecule is COc1ccc([C@@H]2OC[C@H]3O[C@H]4CC[C@H]5O[C@H]6C[C@@H](OCc7ccccc7)[C@H](COCc7ccccc7)O[C@@H]6C/C=C\C[C@@H]5O[C@@H]4C[C@@H]3O2)cc1. The van der Waals surface area contributed by atoms with Gasteiger partial charge in [-0.25, -0.2) is 0 Å². The molecule has 0 saturated carbocycles. The molecule has 0 radical (unpaired) electrons.